The SMILES string of the molecule is Cc1cc(NCCc2ccc(N)cc2)nc2ccc(N)cc12. The van der Waals surface area contributed by atoms with E-state index >= 15 is 0 Å². The molecule has 0 saturated carbocycles. The largest absolute Gasteiger partial charge is 0.399 e. The zero-order valence-electron chi connectivity index (χ0n) is 12.6. The van der Waals surface area contributed by atoms with Crippen LogP contribution < -0.4 is 16.8 Å². The first-order chi connectivity index (χ1) is 10.6. The van der Waals surface area contributed by atoms with Gasteiger partial charge in [0.05, 0.1) is 5.52 Å². The molecule has 0 spiro atoms. The summed E-state index contributed by atoms with van der Waals surface area (Å²) in [6.07, 6.45) is 0.931. The van der Waals surface area contributed by atoms with Crippen LogP contribution in [0, 0.1) is 6.92 Å². The quantitative estimate of drug-likeness (QED) is 0.644. The Kier molecular flexibility index (Phi) is 3.83. The van der Waals surface area contributed by atoms with Gasteiger partial charge in [-0.1, -0.05) is 12.1 Å². The minimum Gasteiger partial charge on any atom is -0.399 e. The van der Waals surface area contributed by atoms with Gasteiger partial charge in [0.2, 0.25) is 0 Å². The molecule has 0 bridgehead atoms. The summed E-state index contributed by atoms with van der Waals surface area (Å²) in [7, 11) is 0. The fraction of sp³-hybridized carbons (Fsp3) is 0.167. The second-order valence-electron chi connectivity index (χ2n) is 5.52. The standard InChI is InChI=1S/C18H20N4/c1-12-10-18(22-17-7-6-15(20)11-16(12)17)21-9-8-13-2-4-14(19)5-3-13/h2-7,10-11H,8-9,19-20H2,1H3,(H,21,22). The summed E-state index contributed by atoms with van der Waals surface area (Å²) in [6, 6.07) is 15.8. The number of aryl methyl sites for hydroxylation is 1. The molecule has 0 saturated heterocycles. The summed E-state index contributed by atoms with van der Waals surface area (Å²) < 4.78 is 0. The number of hydrogen-bond acceptors (Lipinski definition) is 4. The van der Waals surface area contributed by atoms with E-state index in [0.29, 0.717) is 0 Å². The molecule has 0 aliphatic rings. The van der Waals surface area contributed by atoms with Crippen molar-refractivity contribution >= 4 is 28.1 Å². The fourth-order valence-electron chi connectivity index (χ4n) is 2.52. The minimum atomic E-state index is 0.765. The van der Waals surface area contributed by atoms with E-state index in [1.807, 2.05) is 30.3 Å². The Hall–Kier alpha value is -2.75. The molecule has 5 N–H and O–H groups in total. The van der Waals surface area contributed by atoms with E-state index in [1.165, 1.54) is 11.1 Å². The topological polar surface area (TPSA) is 77.0 Å². The molecule has 112 valence electrons. The van der Waals surface area contributed by atoms with Crippen LogP contribution in [0.25, 0.3) is 10.9 Å². The monoisotopic (exact) mass is 292 g/mol. The number of pyridine rings is 1. The molecular formula is C18H20N4. The van der Waals surface area contributed by atoms with E-state index in [2.05, 4.69) is 35.4 Å². The molecule has 0 amide bonds. The number of fused-ring (bicyclic) bond motifs is 1. The van der Waals surface area contributed by atoms with Gasteiger partial charge < -0.3 is 16.8 Å². The number of nitrogens with zero attached hydrogens (tertiary/aromatic N) is 1. The first kappa shape index (κ1) is 14.2. The van der Waals surface area contributed by atoms with Crippen LogP contribution in [0.5, 0.6) is 0 Å². The van der Waals surface area contributed by atoms with Crippen molar-refractivity contribution in [3.05, 3.63) is 59.7 Å². The lowest BCUT2D eigenvalue weighted by atomic mass is 10.1. The normalized spacial score (nSPS) is 10.8. The van der Waals surface area contributed by atoms with E-state index in [4.69, 9.17) is 11.5 Å². The molecule has 0 fully saturated rings. The molecule has 3 aromatic rings. The zero-order valence-corrected chi connectivity index (χ0v) is 12.6. The summed E-state index contributed by atoms with van der Waals surface area (Å²) in [5.41, 5.74) is 16.5. The van der Waals surface area contributed by atoms with E-state index < -0.39 is 0 Å². The second kappa shape index (κ2) is 5.93. The Morgan fingerprint density at radius 2 is 1.68 bits per heavy atom. The van der Waals surface area contributed by atoms with Crippen LogP contribution in [0.15, 0.2) is 48.5 Å². The van der Waals surface area contributed by atoms with Crippen LogP contribution in [-0.2, 0) is 6.42 Å². The molecule has 0 aliphatic carbocycles. The number of aromatic nitrogens is 1. The highest BCUT2D eigenvalue weighted by Crippen LogP contribution is 2.22. The smallest absolute Gasteiger partial charge is 0.126 e. The molecule has 22 heavy (non-hydrogen) atoms. The highest BCUT2D eigenvalue weighted by molar-refractivity contribution is 5.86. The molecule has 0 radical (unpaired) electrons. The Morgan fingerprint density at radius 1 is 0.955 bits per heavy atom. The lowest BCUT2D eigenvalue weighted by Crippen LogP contribution is -2.07. The zero-order chi connectivity index (χ0) is 15.5. The van der Waals surface area contributed by atoms with Gasteiger partial charge in [0, 0.05) is 23.3 Å². The Balaban J connectivity index is 1.71. The van der Waals surface area contributed by atoms with Crippen LogP contribution in [0.1, 0.15) is 11.1 Å². The summed E-state index contributed by atoms with van der Waals surface area (Å²) in [5, 5.41) is 4.48. The van der Waals surface area contributed by atoms with Gasteiger partial charge in [0.15, 0.2) is 0 Å². The summed E-state index contributed by atoms with van der Waals surface area (Å²) >= 11 is 0. The third kappa shape index (κ3) is 3.11. The summed E-state index contributed by atoms with van der Waals surface area (Å²) in [4.78, 5) is 4.64. The van der Waals surface area contributed by atoms with Crippen LogP contribution >= 0.6 is 0 Å². The number of benzene rings is 2. The van der Waals surface area contributed by atoms with Crippen LogP contribution in [0.4, 0.5) is 17.2 Å². The molecule has 4 heteroatoms. The molecule has 2 aromatic carbocycles. The Bertz CT molecular complexity index is 794. The number of rotatable bonds is 4. The van der Waals surface area contributed by atoms with Gasteiger partial charge in [-0.25, -0.2) is 4.98 Å². The van der Waals surface area contributed by atoms with Gasteiger partial charge >= 0.3 is 0 Å². The molecule has 0 unspecified atom stereocenters. The summed E-state index contributed by atoms with van der Waals surface area (Å²) in [5.74, 6) is 0.894. The minimum absolute atomic E-state index is 0.765. The molecule has 0 aliphatic heterocycles. The van der Waals surface area contributed by atoms with Gasteiger partial charge in [-0.3, -0.25) is 0 Å². The maximum Gasteiger partial charge on any atom is 0.126 e. The fourth-order valence-corrected chi connectivity index (χ4v) is 2.52. The number of nitrogens with one attached hydrogen (secondary N) is 1. The van der Waals surface area contributed by atoms with Gasteiger partial charge in [-0.05, 0) is 60.9 Å². The number of nitrogen functional groups attached to an aromatic ring is 2. The van der Waals surface area contributed by atoms with Crippen molar-refractivity contribution in [2.75, 3.05) is 23.3 Å². The average Bonchev–Trinajstić information content (AvgIpc) is 2.50. The Morgan fingerprint density at radius 3 is 2.45 bits per heavy atom. The van der Waals surface area contributed by atoms with Crippen molar-refractivity contribution in [2.45, 2.75) is 13.3 Å². The van der Waals surface area contributed by atoms with Gasteiger partial charge in [-0.2, -0.15) is 0 Å². The van der Waals surface area contributed by atoms with Crippen LogP contribution in [-0.4, -0.2) is 11.5 Å². The van der Waals surface area contributed by atoms with Crippen LogP contribution in [0.3, 0.4) is 0 Å². The van der Waals surface area contributed by atoms with Gasteiger partial charge in [0.1, 0.15) is 5.82 Å². The predicted octanol–water partition coefficient (Wildman–Crippen LogP) is 3.36. The number of hydrogen-bond donors (Lipinski definition) is 3. The van der Waals surface area contributed by atoms with Crippen molar-refractivity contribution in [1.82, 2.24) is 4.98 Å². The third-order valence-electron chi connectivity index (χ3n) is 3.74. The van der Waals surface area contributed by atoms with E-state index in [9.17, 15) is 0 Å². The summed E-state index contributed by atoms with van der Waals surface area (Å²) in [6.45, 7) is 2.91. The second-order valence-corrected chi connectivity index (χ2v) is 5.52. The predicted molar refractivity (Wildman–Crippen MR) is 93.9 cm³/mol. The van der Waals surface area contributed by atoms with E-state index in [0.717, 1.165) is 41.1 Å². The lowest BCUT2D eigenvalue weighted by molar-refractivity contribution is 1.01. The van der Waals surface area contributed by atoms with Gasteiger partial charge in [-0.15, -0.1) is 0 Å². The maximum atomic E-state index is 5.83. The molecule has 1 aromatic heterocycles. The van der Waals surface area contributed by atoms with Crippen molar-refractivity contribution in [1.29, 1.82) is 0 Å². The first-order valence-corrected chi connectivity index (χ1v) is 7.37. The van der Waals surface area contributed by atoms with Crippen LogP contribution in [0.2, 0.25) is 0 Å². The first-order valence-electron chi connectivity index (χ1n) is 7.37. The molecular weight excluding hydrogens is 272 g/mol. The third-order valence-corrected chi connectivity index (χ3v) is 3.74. The van der Waals surface area contributed by atoms with Crippen molar-refractivity contribution in [2.24, 2.45) is 0 Å². The maximum absolute atomic E-state index is 5.83. The molecule has 0 atom stereocenters. The van der Waals surface area contributed by atoms with Crippen molar-refractivity contribution in [3.8, 4) is 0 Å². The molecule has 1 heterocycles. The number of anilines is 3. The van der Waals surface area contributed by atoms with Gasteiger partial charge in [0.25, 0.3) is 0 Å². The van der Waals surface area contributed by atoms with Crippen molar-refractivity contribution in [3.63, 3.8) is 0 Å². The highest BCUT2D eigenvalue weighted by atomic mass is 15.0. The average molecular weight is 292 g/mol. The lowest BCUT2D eigenvalue weighted by Gasteiger charge is -2.10. The van der Waals surface area contributed by atoms with Crippen molar-refractivity contribution < 1.29 is 0 Å². The van der Waals surface area contributed by atoms with E-state index in [1.54, 1.807) is 0 Å². The highest BCUT2D eigenvalue weighted by Gasteiger charge is 2.03. The number of nitrogens with two attached hydrogens (primary N) is 2. The molecule has 3 rings (SSSR count). The Labute approximate surface area is 130 Å². The molecule has 4 nitrogen and oxygen atoms in total. The van der Waals surface area contributed by atoms with E-state index in [-0.39, 0.29) is 0 Å².